The van der Waals surface area contributed by atoms with Crippen LogP contribution in [0, 0.1) is 6.92 Å². The molecule has 2 heterocycles. The molecule has 4 rings (SSSR count). The molecule has 0 bridgehead atoms. The molecule has 1 aromatic heterocycles. The molecule has 7 nitrogen and oxygen atoms in total. The van der Waals surface area contributed by atoms with E-state index in [1.807, 2.05) is 6.07 Å². The van der Waals surface area contributed by atoms with Crippen molar-refractivity contribution in [3.05, 3.63) is 77.6 Å². The van der Waals surface area contributed by atoms with Crippen molar-refractivity contribution in [2.45, 2.75) is 45.7 Å². The van der Waals surface area contributed by atoms with E-state index in [9.17, 15) is 13.2 Å². The number of piperidine rings is 1. The van der Waals surface area contributed by atoms with Crippen LogP contribution < -0.4 is 14.3 Å². The van der Waals surface area contributed by atoms with Crippen LogP contribution in [-0.2, 0) is 6.54 Å². The van der Waals surface area contributed by atoms with Crippen LogP contribution in [0.5, 0.6) is 17.5 Å². The lowest BCUT2D eigenvalue weighted by molar-refractivity contribution is -0.274. The minimum Gasteiger partial charge on any atom is -0.474 e. The first-order chi connectivity index (χ1) is 17.3. The van der Waals surface area contributed by atoms with Gasteiger partial charge in [-0.05, 0) is 62.1 Å². The van der Waals surface area contributed by atoms with Gasteiger partial charge in [0.05, 0.1) is 11.3 Å². The van der Waals surface area contributed by atoms with Crippen LogP contribution in [0.4, 0.5) is 13.2 Å². The number of oxime groups is 1. The highest BCUT2D eigenvalue weighted by Crippen LogP contribution is 2.27. The lowest BCUT2D eigenvalue weighted by atomic mass is 10.1. The Labute approximate surface area is 207 Å². The fourth-order valence-electron chi connectivity index (χ4n) is 3.88. The first-order valence-electron chi connectivity index (χ1n) is 11.6. The Morgan fingerprint density at radius 1 is 1.00 bits per heavy atom. The van der Waals surface area contributed by atoms with Crippen LogP contribution in [0.1, 0.15) is 36.5 Å². The first-order valence-corrected chi connectivity index (χ1v) is 11.6. The zero-order chi connectivity index (χ0) is 25.5. The number of alkyl halides is 3. The van der Waals surface area contributed by atoms with E-state index in [0.29, 0.717) is 22.7 Å². The Morgan fingerprint density at radius 3 is 2.33 bits per heavy atom. The van der Waals surface area contributed by atoms with E-state index < -0.39 is 6.36 Å². The SMILES string of the molecule is C/C(=N/Oc1ncnc(OC2CCN(Cc3ccccc3)CC2)c1C)c1ccc(OC(F)(F)F)cc1. The largest absolute Gasteiger partial charge is 0.573 e. The molecule has 1 aliphatic heterocycles. The minimum atomic E-state index is -4.74. The predicted octanol–water partition coefficient (Wildman–Crippen LogP) is 5.53. The maximum atomic E-state index is 12.3. The molecule has 36 heavy (non-hydrogen) atoms. The number of likely N-dealkylation sites (tertiary alicyclic amines) is 1. The zero-order valence-electron chi connectivity index (χ0n) is 20.0. The van der Waals surface area contributed by atoms with Crippen LogP contribution in [0.15, 0.2) is 66.1 Å². The number of halogens is 3. The van der Waals surface area contributed by atoms with Crippen molar-refractivity contribution in [2.24, 2.45) is 5.16 Å². The van der Waals surface area contributed by atoms with Gasteiger partial charge < -0.3 is 14.3 Å². The smallest absolute Gasteiger partial charge is 0.474 e. The highest BCUT2D eigenvalue weighted by molar-refractivity contribution is 5.98. The third kappa shape index (κ3) is 7.17. The van der Waals surface area contributed by atoms with Crippen LogP contribution in [0.3, 0.4) is 0 Å². The van der Waals surface area contributed by atoms with Crippen LogP contribution >= 0.6 is 0 Å². The number of hydrogen-bond donors (Lipinski definition) is 0. The van der Waals surface area contributed by atoms with Gasteiger partial charge >= 0.3 is 6.36 Å². The van der Waals surface area contributed by atoms with Gasteiger partial charge in [0.2, 0.25) is 5.88 Å². The summed E-state index contributed by atoms with van der Waals surface area (Å²) in [5.74, 6) is 0.389. The molecule has 0 N–H and O–H groups in total. The van der Waals surface area contributed by atoms with Gasteiger partial charge in [0.15, 0.2) is 0 Å². The van der Waals surface area contributed by atoms with E-state index in [4.69, 9.17) is 9.57 Å². The summed E-state index contributed by atoms with van der Waals surface area (Å²) in [4.78, 5) is 16.3. The summed E-state index contributed by atoms with van der Waals surface area (Å²) in [6.45, 7) is 6.26. The molecular weight excluding hydrogens is 473 g/mol. The fourth-order valence-corrected chi connectivity index (χ4v) is 3.88. The van der Waals surface area contributed by atoms with Gasteiger partial charge in [0.1, 0.15) is 18.2 Å². The molecule has 0 saturated carbocycles. The van der Waals surface area contributed by atoms with E-state index in [1.165, 1.54) is 36.2 Å². The molecule has 1 fully saturated rings. The first kappa shape index (κ1) is 25.4. The predicted molar refractivity (Wildman–Crippen MR) is 128 cm³/mol. The zero-order valence-corrected chi connectivity index (χ0v) is 20.0. The Balaban J connectivity index is 1.32. The van der Waals surface area contributed by atoms with Crippen molar-refractivity contribution in [3.8, 4) is 17.5 Å². The van der Waals surface area contributed by atoms with Crippen LogP contribution in [-0.4, -0.2) is 46.1 Å². The van der Waals surface area contributed by atoms with Crippen LogP contribution in [0.2, 0.25) is 0 Å². The van der Waals surface area contributed by atoms with Crippen molar-refractivity contribution >= 4 is 5.71 Å². The average molecular weight is 501 g/mol. The molecule has 0 amide bonds. The van der Waals surface area contributed by atoms with E-state index in [0.717, 1.165) is 32.5 Å². The number of aromatic nitrogens is 2. The molecule has 1 saturated heterocycles. The topological polar surface area (TPSA) is 69.1 Å². The van der Waals surface area contributed by atoms with Crippen molar-refractivity contribution in [1.29, 1.82) is 0 Å². The fraction of sp³-hybridized carbons (Fsp3) is 0.346. The quantitative estimate of drug-likeness (QED) is 0.299. The van der Waals surface area contributed by atoms with E-state index >= 15 is 0 Å². The summed E-state index contributed by atoms with van der Waals surface area (Å²) in [5.41, 5.74) is 2.95. The second-order valence-electron chi connectivity index (χ2n) is 8.53. The monoisotopic (exact) mass is 500 g/mol. The van der Waals surface area contributed by atoms with Gasteiger partial charge in [-0.2, -0.15) is 4.98 Å². The summed E-state index contributed by atoms with van der Waals surface area (Å²) in [6, 6.07) is 15.8. The molecule has 1 aliphatic rings. The Kier molecular flexibility index (Phi) is 8.04. The molecule has 0 atom stereocenters. The number of nitrogens with zero attached hydrogens (tertiary/aromatic N) is 4. The lowest BCUT2D eigenvalue weighted by Crippen LogP contribution is -2.38. The van der Waals surface area contributed by atoms with Crippen molar-refractivity contribution in [2.75, 3.05) is 13.1 Å². The molecule has 3 aromatic rings. The van der Waals surface area contributed by atoms with E-state index in [2.05, 4.69) is 49.0 Å². The highest BCUT2D eigenvalue weighted by atomic mass is 19.4. The lowest BCUT2D eigenvalue weighted by Gasteiger charge is -2.32. The van der Waals surface area contributed by atoms with Crippen LogP contribution in [0.25, 0.3) is 0 Å². The second kappa shape index (κ2) is 11.4. The Bertz CT molecular complexity index is 1160. The van der Waals surface area contributed by atoms with Crippen molar-refractivity contribution < 1.29 is 27.5 Å². The van der Waals surface area contributed by atoms with E-state index in [1.54, 1.807) is 13.8 Å². The molecule has 0 radical (unpaired) electrons. The molecule has 0 aliphatic carbocycles. The molecule has 2 aromatic carbocycles. The number of rotatable bonds is 8. The minimum absolute atomic E-state index is 0.0427. The van der Waals surface area contributed by atoms with Gasteiger partial charge in [-0.3, -0.25) is 4.90 Å². The van der Waals surface area contributed by atoms with Gasteiger partial charge in [-0.25, -0.2) is 4.98 Å². The van der Waals surface area contributed by atoms with Gasteiger partial charge in [-0.1, -0.05) is 35.5 Å². The summed E-state index contributed by atoms with van der Waals surface area (Å²) < 4.78 is 47.0. The summed E-state index contributed by atoms with van der Waals surface area (Å²) in [5, 5.41) is 4.07. The third-order valence-corrected chi connectivity index (χ3v) is 5.83. The molecular formula is C26H27F3N4O3. The van der Waals surface area contributed by atoms with Crippen molar-refractivity contribution in [3.63, 3.8) is 0 Å². The summed E-state index contributed by atoms with van der Waals surface area (Å²) in [7, 11) is 0. The number of benzene rings is 2. The summed E-state index contributed by atoms with van der Waals surface area (Å²) in [6.07, 6.45) is -1.57. The molecule has 0 spiro atoms. The van der Waals surface area contributed by atoms with E-state index in [-0.39, 0.29) is 17.7 Å². The normalized spacial score (nSPS) is 15.5. The van der Waals surface area contributed by atoms with Crippen molar-refractivity contribution in [1.82, 2.24) is 14.9 Å². The average Bonchev–Trinajstić information content (AvgIpc) is 2.86. The highest BCUT2D eigenvalue weighted by Gasteiger charge is 2.31. The van der Waals surface area contributed by atoms with Gasteiger partial charge in [0.25, 0.3) is 5.88 Å². The van der Waals surface area contributed by atoms with Gasteiger partial charge in [0, 0.05) is 19.6 Å². The maximum absolute atomic E-state index is 12.3. The molecule has 0 unspecified atom stereocenters. The number of ether oxygens (including phenoxy) is 2. The standard InChI is InChI=1S/C26H27F3N4O3/c1-18-24(34-22-12-14-33(15-13-22)16-20-6-4-3-5-7-20)30-17-31-25(18)36-32-19(2)21-8-10-23(11-9-21)35-26(27,28)29/h3-11,17,22H,12-16H2,1-2H3/b32-19-. The Morgan fingerprint density at radius 2 is 1.67 bits per heavy atom. The third-order valence-electron chi connectivity index (χ3n) is 5.83. The maximum Gasteiger partial charge on any atom is 0.573 e. The molecule has 10 heteroatoms. The Hall–Kier alpha value is -3.66. The second-order valence-corrected chi connectivity index (χ2v) is 8.53. The molecule has 190 valence electrons. The number of hydrogen-bond acceptors (Lipinski definition) is 7. The summed E-state index contributed by atoms with van der Waals surface area (Å²) >= 11 is 0. The van der Waals surface area contributed by atoms with Gasteiger partial charge in [-0.15, -0.1) is 13.2 Å².